The van der Waals surface area contributed by atoms with E-state index in [1.807, 2.05) is 42.3 Å². The Hall–Kier alpha value is -2.75. The van der Waals surface area contributed by atoms with Crippen LogP contribution in [0.2, 0.25) is 0 Å². The standard InChI is InChI=1S/C22H28N6O2S/c1-15-19-17(24-25-22(31)23-16-7-4-3-5-8-16)9-6-10-18(19)30-20(15)21(29)26-28-13-11-27(2)12-14-28/h3-5,7-8H,6,9-14H2,1-2H3,(H,26,29)(H2,23,25,31)/b24-17+. The van der Waals surface area contributed by atoms with E-state index in [1.165, 1.54) is 0 Å². The van der Waals surface area contributed by atoms with Crippen molar-refractivity contribution in [2.24, 2.45) is 5.10 Å². The number of benzene rings is 1. The summed E-state index contributed by atoms with van der Waals surface area (Å²) in [6.45, 7) is 5.36. The van der Waals surface area contributed by atoms with Gasteiger partial charge in [0.2, 0.25) is 0 Å². The maximum Gasteiger partial charge on any atom is 0.301 e. The Morgan fingerprint density at radius 1 is 1.13 bits per heavy atom. The number of para-hydroxylation sites is 1. The Morgan fingerprint density at radius 2 is 1.87 bits per heavy atom. The molecule has 3 N–H and O–H groups in total. The minimum absolute atomic E-state index is 0.204. The van der Waals surface area contributed by atoms with Crippen LogP contribution in [0.15, 0.2) is 39.9 Å². The molecule has 0 bridgehead atoms. The van der Waals surface area contributed by atoms with Gasteiger partial charge >= 0.3 is 5.91 Å². The molecule has 31 heavy (non-hydrogen) atoms. The molecule has 2 heterocycles. The predicted octanol–water partition coefficient (Wildman–Crippen LogP) is 2.51. The quantitative estimate of drug-likeness (QED) is 0.498. The number of amides is 1. The Labute approximate surface area is 187 Å². The highest BCUT2D eigenvalue weighted by Gasteiger charge is 2.29. The van der Waals surface area contributed by atoms with Gasteiger partial charge in [-0.15, -0.1) is 0 Å². The largest absolute Gasteiger partial charge is 0.455 e. The molecule has 0 atom stereocenters. The molecule has 0 saturated carbocycles. The van der Waals surface area contributed by atoms with Gasteiger partial charge in [0.15, 0.2) is 10.9 Å². The van der Waals surface area contributed by atoms with Gasteiger partial charge < -0.3 is 14.6 Å². The average Bonchev–Trinajstić information content (AvgIpc) is 3.12. The van der Waals surface area contributed by atoms with Crippen LogP contribution in [-0.4, -0.2) is 59.9 Å². The molecule has 1 aromatic heterocycles. The van der Waals surface area contributed by atoms with Crippen LogP contribution in [0.5, 0.6) is 0 Å². The number of hydrogen-bond acceptors (Lipinski definition) is 6. The van der Waals surface area contributed by atoms with Gasteiger partial charge in [0.1, 0.15) is 5.76 Å². The lowest BCUT2D eigenvalue weighted by molar-refractivity contribution is 0.0634. The monoisotopic (exact) mass is 440 g/mol. The number of nitrogens with zero attached hydrogens (tertiary/aromatic N) is 3. The molecule has 1 aromatic carbocycles. The topological polar surface area (TPSA) is 85.1 Å². The third-order valence-corrected chi connectivity index (χ3v) is 5.81. The Bertz CT molecular complexity index is 979. The summed E-state index contributed by atoms with van der Waals surface area (Å²) in [5, 5.41) is 10.0. The Kier molecular flexibility index (Phi) is 6.64. The van der Waals surface area contributed by atoms with Crippen molar-refractivity contribution in [1.29, 1.82) is 0 Å². The van der Waals surface area contributed by atoms with Crippen molar-refractivity contribution in [1.82, 2.24) is 20.8 Å². The third kappa shape index (κ3) is 5.12. The van der Waals surface area contributed by atoms with Crippen molar-refractivity contribution in [3.63, 3.8) is 0 Å². The molecule has 1 fully saturated rings. The lowest BCUT2D eigenvalue weighted by Gasteiger charge is -2.32. The van der Waals surface area contributed by atoms with Gasteiger partial charge in [0.25, 0.3) is 0 Å². The number of piperazine rings is 1. The van der Waals surface area contributed by atoms with Gasteiger partial charge in [0.05, 0.1) is 5.71 Å². The fraction of sp³-hybridized carbons (Fsp3) is 0.409. The second-order valence-electron chi connectivity index (χ2n) is 7.93. The summed E-state index contributed by atoms with van der Waals surface area (Å²) in [5.41, 5.74) is 9.42. The van der Waals surface area contributed by atoms with Crippen molar-refractivity contribution >= 4 is 34.6 Å². The van der Waals surface area contributed by atoms with Crippen molar-refractivity contribution in [3.05, 3.63) is 53.0 Å². The molecule has 1 aliphatic carbocycles. The van der Waals surface area contributed by atoms with E-state index in [-0.39, 0.29) is 5.91 Å². The molecule has 1 saturated heterocycles. The molecule has 2 aliphatic rings. The molecular weight excluding hydrogens is 412 g/mol. The van der Waals surface area contributed by atoms with Crippen LogP contribution in [0.1, 0.15) is 40.3 Å². The molecule has 164 valence electrons. The minimum atomic E-state index is -0.204. The number of thiocarbonyl (C=S) groups is 1. The van der Waals surface area contributed by atoms with Crippen LogP contribution in [0.4, 0.5) is 5.69 Å². The Morgan fingerprint density at radius 3 is 2.61 bits per heavy atom. The highest BCUT2D eigenvalue weighted by atomic mass is 32.1. The van der Waals surface area contributed by atoms with E-state index in [2.05, 4.69) is 33.2 Å². The molecule has 4 rings (SSSR count). The van der Waals surface area contributed by atoms with Crippen molar-refractivity contribution < 1.29 is 9.21 Å². The lowest BCUT2D eigenvalue weighted by atomic mass is 9.93. The van der Waals surface area contributed by atoms with E-state index in [9.17, 15) is 4.79 Å². The number of furan rings is 1. The van der Waals surface area contributed by atoms with Crippen LogP contribution in [-0.2, 0) is 6.42 Å². The molecule has 1 amide bonds. The molecule has 0 spiro atoms. The zero-order valence-electron chi connectivity index (χ0n) is 17.9. The SMILES string of the molecule is Cc1c(C(=O)NN2CCN(C)CC2)oc2c1/C(=N/NC(=S)Nc1ccccc1)CCC2. The van der Waals surface area contributed by atoms with Gasteiger partial charge in [0, 0.05) is 49.4 Å². The summed E-state index contributed by atoms with van der Waals surface area (Å²) in [7, 11) is 2.08. The van der Waals surface area contributed by atoms with E-state index in [0.717, 1.165) is 73.7 Å². The molecule has 8 nitrogen and oxygen atoms in total. The summed E-state index contributed by atoms with van der Waals surface area (Å²) < 4.78 is 5.99. The molecule has 1 aliphatic heterocycles. The number of hydrazone groups is 1. The van der Waals surface area contributed by atoms with E-state index in [4.69, 9.17) is 16.6 Å². The first kappa shape index (κ1) is 21.5. The van der Waals surface area contributed by atoms with Crippen LogP contribution >= 0.6 is 12.2 Å². The predicted molar refractivity (Wildman–Crippen MR) is 125 cm³/mol. The number of fused-ring (bicyclic) bond motifs is 1. The highest BCUT2D eigenvalue weighted by Crippen LogP contribution is 2.30. The number of nitrogens with one attached hydrogen (secondary N) is 3. The van der Waals surface area contributed by atoms with E-state index >= 15 is 0 Å². The molecular formula is C22H28N6O2S. The van der Waals surface area contributed by atoms with E-state index in [0.29, 0.717) is 10.9 Å². The first-order valence-electron chi connectivity index (χ1n) is 10.6. The number of hydrazine groups is 1. The number of anilines is 1. The summed E-state index contributed by atoms with van der Waals surface area (Å²) in [5.74, 6) is 0.975. The number of carbonyl (C=O) groups excluding carboxylic acids is 1. The second kappa shape index (κ2) is 9.59. The maximum absolute atomic E-state index is 12.9. The first-order valence-corrected chi connectivity index (χ1v) is 11.0. The summed E-state index contributed by atoms with van der Waals surface area (Å²) >= 11 is 5.36. The molecule has 0 radical (unpaired) electrons. The zero-order valence-corrected chi connectivity index (χ0v) is 18.7. The highest BCUT2D eigenvalue weighted by molar-refractivity contribution is 7.80. The van der Waals surface area contributed by atoms with Crippen LogP contribution in [0.25, 0.3) is 0 Å². The van der Waals surface area contributed by atoms with Crippen molar-refractivity contribution in [2.45, 2.75) is 26.2 Å². The first-order chi connectivity index (χ1) is 15.0. The number of rotatable bonds is 4. The molecule has 2 aromatic rings. The smallest absolute Gasteiger partial charge is 0.301 e. The second-order valence-corrected chi connectivity index (χ2v) is 8.34. The van der Waals surface area contributed by atoms with Gasteiger partial charge in [-0.3, -0.25) is 15.6 Å². The normalized spacial score (nSPS) is 18.5. The summed E-state index contributed by atoms with van der Waals surface area (Å²) in [6.07, 6.45) is 2.51. The lowest BCUT2D eigenvalue weighted by Crippen LogP contribution is -2.52. The number of hydrogen-bond donors (Lipinski definition) is 3. The van der Waals surface area contributed by atoms with Gasteiger partial charge in [-0.25, -0.2) is 5.01 Å². The molecule has 9 heteroatoms. The number of aryl methyl sites for hydroxylation is 1. The Balaban J connectivity index is 1.45. The van der Waals surface area contributed by atoms with Gasteiger partial charge in [-0.05, 0) is 51.2 Å². The number of carbonyl (C=O) groups is 1. The number of likely N-dealkylation sites (N-methyl/N-ethyl adjacent to an activating group) is 1. The van der Waals surface area contributed by atoms with Crippen LogP contribution < -0.4 is 16.2 Å². The zero-order chi connectivity index (χ0) is 21.8. The fourth-order valence-electron chi connectivity index (χ4n) is 3.91. The van der Waals surface area contributed by atoms with Gasteiger partial charge in [-0.2, -0.15) is 5.10 Å². The fourth-order valence-corrected chi connectivity index (χ4v) is 4.07. The maximum atomic E-state index is 12.9. The third-order valence-electron chi connectivity index (χ3n) is 5.62. The van der Waals surface area contributed by atoms with Gasteiger partial charge in [-0.1, -0.05) is 18.2 Å². The minimum Gasteiger partial charge on any atom is -0.455 e. The van der Waals surface area contributed by atoms with E-state index in [1.54, 1.807) is 0 Å². The van der Waals surface area contributed by atoms with Crippen LogP contribution in [0.3, 0.4) is 0 Å². The average molecular weight is 441 g/mol. The van der Waals surface area contributed by atoms with Crippen molar-refractivity contribution in [2.75, 3.05) is 38.5 Å². The molecule has 0 unspecified atom stereocenters. The van der Waals surface area contributed by atoms with Crippen LogP contribution in [0, 0.1) is 6.92 Å². The van der Waals surface area contributed by atoms with Crippen molar-refractivity contribution in [3.8, 4) is 0 Å². The summed E-state index contributed by atoms with van der Waals surface area (Å²) in [4.78, 5) is 15.1. The van der Waals surface area contributed by atoms with E-state index < -0.39 is 0 Å². The summed E-state index contributed by atoms with van der Waals surface area (Å²) in [6, 6.07) is 9.70.